The number of hydrogen-bond acceptors (Lipinski definition) is 1. The largest absolute Gasteiger partial charge is 0.282 e. The van der Waals surface area contributed by atoms with E-state index in [2.05, 4.69) is 0 Å². The number of rotatable bonds is 1. The summed E-state index contributed by atoms with van der Waals surface area (Å²) in [5.41, 5.74) is -0.0907. The quantitative estimate of drug-likeness (QED) is 0.565. The number of halogens is 3. The third kappa shape index (κ3) is 1.95. The molecular formula is C7H3F2IO. The maximum absolute atomic E-state index is 12.6. The van der Waals surface area contributed by atoms with Crippen molar-refractivity contribution in [1.82, 2.24) is 0 Å². The molecule has 0 spiro atoms. The Morgan fingerprint density at radius 1 is 1.36 bits per heavy atom. The van der Waals surface area contributed by atoms with Gasteiger partial charge in [0.1, 0.15) is 11.6 Å². The van der Waals surface area contributed by atoms with E-state index >= 15 is 0 Å². The molecule has 11 heavy (non-hydrogen) atoms. The average Bonchev–Trinajstić information content (AvgIpc) is 1.85. The van der Waals surface area contributed by atoms with Crippen LogP contribution >= 0.6 is 22.6 Å². The van der Waals surface area contributed by atoms with E-state index in [4.69, 9.17) is 0 Å². The summed E-state index contributed by atoms with van der Waals surface area (Å²) in [7, 11) is 0. The molecule has 0 bridgehead atoms. The van der Waals surface area contributed by atoms with Crippen LogP contribution in [0.5, 0.6) is 0 Å². The first-order chi connectivity index (χ1) is 5.11. The van der Waals surface area contributed by atoms with E-state index in [0.717, 1.165) is 12.1 Å². The number of hydrogen-bond donors (Lipinski definition) is 0. The van der Waals surface area contributed by atoms with Crippen LogP contribution in [-0.4, -0.2) is 3.79 Å². The number of benzene rings is 1. The summed E-state index contributed by atoms with van der Waals surface area (Å²) in [6.45, 7) is 0. The summed E-state index contributed by atoms with van der Waals surface area (Å²) < 4.78 is 24.5. The lowest BCUT2D eigenvalue weighted by Crippen LogP contribution is -1.93. The first-order valence-corrected chi connectivity index (χ1v) is 3.84. The van der Waals surface area contributed by atoms with Crippen LogP contribution < -0.4 is 0 Å². The normalized spacial score (nSPS) is 9.73. The van der Waals surface area contributed by atoms with Gasteiger partial charge in [-0.05, 0) is 12.1 Å². The van der Waals surface area contributed by atoms with Crippen molar-refractivity contribution in [1.29, 1.82) is 0 Å². The van der Waals surface area contributed by atoms with Gasteiger partial charge in [-0.25, -0.2) is 8.78 Å². The molecular weight excluding hydrogens is 265 g/mol. The molecule has 0 aliphatic carbocycles. The van der Waals surface area contributed by atoms with Crippen molar-refractivity contribution in [2.24, 2.45) is 0 Å². The molecule has 1 nitrogen and oxygen atoms in total. The van der Waals surface area contributed by atoms with Gasteiger partial charge in [0.2, 0.25) is 3.79 Å². The van der Waals surface area contributed by atoms with Gasteiger partial charge in [0.15, 0.2) is 0 Å². The van der Waals surface area contributed by atoms with Crippen molar-refractivity contribution >= 4 is 26.4 Å². The van der Waals surface area contributed by atoms with Crippen LogP contribution in [0.1, 0.15) is 10.4 Å². The van der Waals surface area contributed by atoms with Crippen molar-refractivity contribution in [3.8, 4) is 0 Å². The second kappa shape index (κ2) is 3.25. The van der Waals surface area contributed by atoms with E-state index in [1.165, 1.54) is 22.6 Å². The molecule has 0 aliphatic heterocycles. The van der Waals surface area contributed by atoms with Gasteiger partial charge in [0.05, 0.1) is 5.56 Å². The van der Waals surface area contributed by atoms with E-state index < -0.39 is 15.4 Å². The second-order valence-electron chi connectivity index (χ2n) is 1.90. The lowest BCUT2D eigenvalue weighted by Gasteiger charge is -1.95. The number of carbonyl (C=O) groups is 1. The van der Waals surface area contributed by atoms with Crippen LogP contribution in [0.15, 0.2) is 18.2 Å². The standard InChI is InChI=1S/C7H3F2IO/c8-4-1-2-5(7(10)11)6(9)3-4/h1-3H. The van der Waals surface area contributed by atoms with Gasteiger partial charge < -0.3 is 0 Å². The molecule has 0 fully saturated rings. The third-order valence-corrected chi connectivity index (χ3v) is 1.72. The fourth-order valence-electron chi connectivity index (χ4n) is 0.649. The summed E-state index contributed by atoms with van der Waals surface area (Å²) in [5, 5.41) is 0. The fourth-order valence-corrected chi connectivity index (χ4v) is 1.09. The third-order valence-electron chi connectivity index (χ3n) is 1.14. The predicted octanol–water partition coefficient (Wildman–Crippen LogP) is 2.54. The van der Waals surface area contributed by atoms with Gasteiger partial charge in [-0.3, -0.25) is 4.79 Å². The molecule has 0 amide bonds. The second-order valence-corrected chi connectivity index (χ2v) is 2.88. The lowest BCUT2D eigenvalue weighted by atomic mass is 10.2. The van der Waals surface area contributed by atoms with Gasteiger partial charge in [-0.15, -0.1) is 0 Å². The minimum Gasteiger partial charge on any atom is -0.282 e. The van der Waals surface area contributed by atoms with Crippen LogP contribution in [0, 0.1) is 11.6 Å². The molecule has 0 saturated heterocycles. The molecule has 58 valence electrons. The smallest absolute Gasteiger partial charge is 0.225 e. The molecule has 0 N–H and O–H groups in total. The van der Waals surface area contributed by atoms with Crippen molar-refractivity contribution in [3.63, 3.8) is 0 Å². The zero-order valence-corrected chi connectivity index (χ0v) is 7.43. The van der Waals surface area contributed by atoms with Gasteiger partial charge in [0, 0.05) is 28.7 Å². The Morgan fingerprint density at radius 2 is 2.00 bits per heavy atom. The van der Waals surface area contributed by atoms with Crippen molar-refractivity contribution < 1.29 is 13.6 Å². The monoisotopic (exact) mass is 268 g/mol. The molecule has 0 aliphatic rings. The predicted molar refractivity (Wildman–Crippen MR) is 44.7 cm³/mol. The van der Waals surface area contributed by atoms with Crippen molar-refractivity contribution in [2.75, 3.05) is 0 Å². The van der Waals surface area contributed by atoms with E-state index in [1.807, 2.05) is 0 Å². The fraction of sp³-hybridized carbons (Fsp3) is 0. The molecule has 0 heterocycles. The summed E-state index contributed by atoms with van der Waals surface area (Å²) in [6, 6.07) is 2.86. The molecule has 0 unspecified atom stereocenters. The Kier molecular flexibility index (Phi) is 2.53. The summed E-state index contributed by atoms with van der Waals surface area (Å²) >= 11 is 1.44. The first-order valence-electron chi connectivity index (χ1n) is 2.76. The zero-order valence-electron chi connectivity index (χ0n) is 5.27. The van der Waals surface area contributed by atoms with Crippen LogP contribution in [0.4, 0.5) is 8.78 Å². The van der Waals surface area contributed by atoms with Crippen LogP contribution in [-0.2, 0) is 0 Å². The van der Waals surface area contributed by atoms with E-state index in [-0.39, 0.29) is 5.56 Å². The average molecular weight is 268 g/mol. The Hall–Kier alpha value is -0.520. The topological polar surface area (TPSA) is 17.1 Å². The number of carbonyl (C=O) groups excluding carboxylic acids is 1. The molecule has 4 heteroatoms. The van der Waals surface area contributed by atoms with Gasteiger partial charge in [-0.2, -0.15) is 0 Å². The van der Waals surface area contributed by atoms with E-state index in [0.29, 0.717) is 6.07 Å². The highest BCUT2D eigenvalue weighted by Gasteiger charge is 2.08. The molecule has 1 aromatic rings. The summed E-state index contributed by atoms with van der Waals surface area (Å²) in [6.07, 6.45) is 0. The first kappa shape index (κ1) is 8.58. The van der Waals surface area contributed by atoms with Gasteiger partial charge in [-0.1, -0.05) is 0 Å². The maximum atomic E-state index is 12.6. The Bertz CT molecular complexity index is 298. The van der Waals surface area contributed by atoms with Crippen molar-refractivity contribution in [2.45, 2.75) is 0 Å². The zero-order chi connectivity index (χ0) is 8.43. The molecule has 0 atom stereocenters. The van der Waals surface area contributed by atoms with Crippen molar-refractivity contribution in [3.05, 3.63) is 35.4 Å². The summed E-state index contributed by atoms with van der Waals surface area (Å²) in [4.78, 5) is 10.6. The highest BCUT2D eigenvalue weighted by molar-refractivity contribution is 14.1. The molecule has 0 radical (unpaired) electrons. The van der Waals surface area contributed by atoms with Crippen LogP contribution in [0.25, 0.3) is 0 Å². The highest BCUT2D eigenvalue weighted by atomic mass is 127. The van der Waals surface area contributed by atoms with Crippen LogP contribution in [0.3, 0.4) is 0 Å². The summed E-state index contributed by atoms with van der Waals surface area (Å²) in [5.74, 6) is -1.49. The Labute approximate surface area is 75.6 Å². The highest BCUT2D eigenvalue weighted by Crippen LogP contribution is 2.12. The van der Waals surface area contributed by atoms with E-state index in [9.17, 15) is 13.6 Å². The minimum absolute atomic E-state index is 0.0907. The van der Waals surface area contributed by atoms with E-state index in [1.54, 1.807) is 0 Å². The SMILES string of the molecule is O=C(I)c1ccc(F)cc1F. The maximum Gasteiger partial charge on any atom is 0.225 e. The lowest BCUT2D eigenvalue weighted by molar-refractivity contribution is 0.110. The van der Waals surface area contributed by atoms with Crippen LogP contribution in [0.2, 0.25) is 0 Å². The van der Waals surface area contributed by atoms with Gasteiger partial charge >= 0.3 is 0 Å². The molecule has 1 aromatic carbocycles. The minimum atomic E-state index is -0.815. The molecule has 1 rings (SSSR count). The Balaban J connectivity index is 3.20. The Morgan fingerprint density at radius 3 is 2.45 bits per heavy atom. The molecule has 0 aromatic heterocycles. The van der Waals surface area contributed by atoms with Gasteiger partial charge in [0.25, 0.3) is 0 Å². The molecule has 0 saturated carbocycles.